The van der Waals surface area contributed by atoms with Crippen molar-refractivity contribution in [2.45, 2.75) is 11.5 Å². The molecule has 2 aromatic carbocycles. The molecule has 2 aromatic heterocycles. The van der Waals surface area contributed by atoms with E-state index in [0.717, 1.165) is 5.56 Å². The van der Waals surface area contributed by atoms with Crippen LogP contribution in [0.4, 0.5) is 5.82 Å². The Bertz CT molecular complexity index is 1320. The summed E-state index contributed by atoms with van der Waals surface area (Å²) in [5, 5.41) is 0.0374. The number of aromatic nitrogens is 3. The number of fused-ring (bicyclic) bond motifs is 1. The van der Waals surface area contributed by atoms with E-state index < -0.39 is 10.0 Å². The molecular weight excluding hydrogens is 447 g/mol. The third-order valence-corrected chi connectivity index (χ3v) is 6.39. The third-order valence-electron chi connectivity index (χ3n) is 4.07. The largest absolute Gasteiger partial charge is 0.470 e. The number of anilines is 1. The van der Waals surface area contributed by atoms with Crippen molar-refractivity contribution in [1.29, 1.82) is 0 Å². The Morgan fingerprint density at radius 3 is 2.43 bits per heavy atom. The zero-order chi connectivity index (χ0) is 21.1. The molecule has 0 aliphatic carbocycles. The highest BCUT2D eigenvalue weighted by Gasteiger charge is 2.23. The van der Waals surface area contributed by atoms with Crippen LogP contribution < -0.4 is 9.46 Å². The summed E-state index contributed by atoms with van der Waals surface area (Å²) in [6.07, 6.45) is 3.29. The molecule has 0 fully saturated rings. The van der Waals surface area contributed by atoms with Crippen molar-refractivity contribution in [2.75, 3.05) is 4.72 Å². The fraction of sp³-hybridized carbons (Fsp3) is 0.0500. The van der Waals surface area contributed by atoms with Crippen LogP contribution in [0.1, 0.15) is 5.56 Å². The van der Waals surface area contributed by atoms with Gasteiger partial charge in [-0.1, -0.05) is 47.5 Å². The summed E-state index contributed by atoms with van der Waals surface area (Å²) in [4.78, 5) is 12.7. The Balaban J connectivity index is 1.73. The van der Waals surface area contributed by atoms with Crippen LogP contribution in [-0.4, -0.2) is 23.4 Å². The summed E-state index contributed by atoms with van der Waals surface area (Å²) in [6, 6.07) is 15.0. The van der Waals surface area contributed by atoms with Crippen molar-refractivity contribution in [3.63, 3.8) is 0 Å². The van der Waals surface area contributed by atoms with Gasteiger partial charge in [-0.15, -0.1) is 0 Å². The first kappa shape index (κ1) is 20.3. The Hall–Kier alpha value is -2.94. The summed E-state index contributed by atoms with van der Waals surface area (Å²) in [5.41, 5.74) is 1.85. The molecular formula is C20H14Cl2N4O3S. The number of rotatable bonds is 6. The smallest absolute Gasteiger partial charge is 0.264 e. The Labute approximate surface area is 182 Å². The van der Waals surface area contributed by atoms with E-state index in [-0.39, 0.29) is 33.2 Å². The second-order valence-electron chi connectivity index (χ2n) is 6.17. The van der Waals surface area contributed by atoms with Crippen LogP contribution in [0.5, 0.6) is 5.88 Å². The molecule has 0 saturated carbocycles. The van der Waals surface area contributed by atoms with Gasteiger partial charge >= 0.3 is 0 Å². The number of sulfonamides is 1. The number of ether oxygens (including phenoxy) is 1. The molecule has 0 saturated heterocycles. The first-order valence-corrected chi connectivity index (χ1v) is 10.9. The van der Waals surface area contributed by atoms with Gasteiger partial charge < -0.3 is 4.74 Å². The predicted octanol–water partition coefficient (Wildman–Crippen LogP) is 4.71. The molecule has 0 aliphatic rings. The minimum atomic E-state index is -4.10. The predicted molar refractivity (Wildman–Crippen MR) is 115 cm³/mol. The molecule has 4 aromatic rings. The van der Waals surface area contributed by atoms with E-state index in [1.54, 1.807) is 42.7 Å². The minimum Gasteiger partial charge on any atom is -0.470 e. The van der Waals surface area contributed by atoms with Gasteiger partial charge in [0.25, 0.3) is 15.9 Å². The van der Waals surface area contributed by atoms with Gasteiger partial charge in [-0.2, -0.15) is 0 Å². The number of nitrogens with zero attached hydrogens (tertiary/aromatic N) is 3. The Kier molecular flexibility index (Phi) is 5.72. The number of nitrogens with one attached hydrogen (secondary N) is 1. The molecule has 0 spiro atoms. The van der Waals surface area contributed by atoms with E-state index in [0.29, 0.717) is 11.0 Å². The Morgan fingerprint density at radius 2 is 1.70 bits per heavy atom. The number of hydrogen-bond donors (Lipinski definition) is 1. The van der Waals surface area contributed by atoms with Gasteiger partial charge in [0.15, 0.2) is 0 Å². The number of hydrogen-bond acceptors (Lipinski definition) is 6. The van der Waals surface area contributed by atoms with Crippen LogP contribution in [0.3, 0.4) is 0 Å². The molecule has 10 heteroatoms. The van der Waals surface area contributed by atoms with Crippen molar-refractivity contribution < 1.29 is 13.2 Å². The summed E-state index contributed by atoms with van der Waals surface area (Å²) in [5.74, 6) is -0.0343. The first-order chi connectivity index (χ1) is 14.4. The maximum Gasteiger partial charge on any atom is 0.264 e. The maximum absolute atomic E-state index is 12.9. The lowest BCUT2D eigenvalue weighted by Crippen LogP contribution is -2.16. The third kappa shape index (κ3) is 4.30. The molecule has 0 bridgehead atoms. The highest BCUT2D eigenvalue weighted by molar-refractivity contribution is 7.92. The van der Waals surface area contributed by atoms with Crippen LogP contribution in [0.25, 0.3) is 11.0 Å². The summed E-state index contributed by atoms with van der Waals surface area (Å²) >= 11 is 12.1. The highest BCUT2D eigenvalue weighted by Crippen LogP contribution is 2.32. The van der Waals surface area contributed by atoms with Gasteiger partial charge in [0.1, 0.15) is 11.5 Å². The van der Waals surface area contributed by atoms with Gasteiger partial charge in [-0.3, -0.25) is 9.71 Å². The highest BCUT2D eigenvalue weighted by atomic mass is 35.5. The molecule has 2 heterocycles. The van der Waals surface area contributed by atoms with Gasteiger partial charge in [0.05, 0.1) is 21.1 Å². The zero-order valence-electron chi connectivity index (χ0n) is 15.3. The lowest BCUT2D eigenvalue weighted by molar-refractivity contribution is 0.295. The summed E-state index contributed by atoms with van der Waals surface area (Å²) < 4.78 is 34.1. The summed E-state index contributed by atoms with van der Waals surface area (Å²) in [6.45, 7) is 0.132. The van der Waals surface area contributed by atoms with Crippen molar-refractivity contribution in [3.05, 3.63) is 82.6 Å². The topological polar surface area (TPSA) is 94.1 Å². The Morgan fingerprint density at radius 1 is 0.933 bits per heavy atom. The van der Waals surface area contributed by atoms with Crippen molar-refractivity contribution in [2.24, 2.45) is 0 Å². The maximum atomic E-state index is 12.9. The molecule has 0 aliphatic heterocycles. The lowest BCUT2D eigenvalue weighted by atomic mass is 10.3. The van der Waals surface area contributed by atoms with Crippen molar-refractivity contribution >= 4 is 50.1 Å². The van der Waals surface area contributed by atoms with E-state index in [4.69, 9.17) is 27.9 Å². The molecule has 152 valence electrons. The molecule has 0 amide bonds. The monoisotopic (exact) mass is 460 g/mol. The molecule has 4 rings (SSSR count). The second-order valence-corrected chi connectivity index (χ2v) is 8.61. The molecule has 0 unspecified atom stereocenters. The molecule has 0 atom stereocenters. The number of halogens is 2. The number of benzene rings is 2. The zero-order valence-corrected chi connectivity index (χ0v) is 17.6. The van der Waals surface area contributed by atoms with Crippen LogP contribution in [0, 0.1) is 0 Å². The van der Waals surface area contributed by atoms with E-state index in [1.807, 2.05) is 6.07 Å². The van der Waals surface area contributed by atoms with Crippen molar-refractivity contribution in [1.82, 2.24) is 15.0 Å². The number of para-hydroxylation sites is 2. The number of pyridine rings is 1. The fourth-order valence-corrected chi connectivity index (χ4v) is 4.42. The van der Waals surface area contributed by atoms with Gasteiger partial charge in [-0.25, -0.2) is 18.4 Å². The molecule has 1 N–H and O–H groups in total. The lowest BCUT2D eigenvalue weighted by Gasteiger charge is -2.14. The van der Waals surface area contributed by atoms with Crippen LogP contribution in [0.15, 0.2) is 71.9 Å². The minimum absolute atomic E-state index is 0.0271. The van der Waals surface area contributed by atoms with Crippen LogP contribution in [-0.2, 0) is 16.6 Å². The SMILES string of the molecule is O=S(=O)(Nc1nc2ccccc2nc1OCc1cccnc1)c1cccc(Cl)c1Cl. The van der Waals surface area contributed by atoms with E-state index in [9.17, 15) is 8.42 Å². The summed E-state index contributed by atoms with van der Waals surface area (Å²) in [7, 11) is -4.10. The van der Waals surface area contributed by atoms with E-state index >= 15 is 0 Å². The van der Waals surface area contributed by atoms with Crippen LogP contribution in [0.2, 0.25) is 10.0 Å². The van der Waals surface area contributed by atoms with Gasteiger partial charge in [0, 0.05) is 18.0 Å². The van der Waals surface area contributed by atoms with E-state index in [1.165, 1.54) is 18.2 Å². The van der Waals surface area contributed by atoms with Crippen LogP contribution >= 0.6 is 23.2 Å². The molecule has 0 radical (unpaired) electrons. The van der Waals surface area contributed by atoms with Crippen molar-refractivity contribution in [3.8, 4) is 5.88 Å². The fourth-order valence-electron chi connectivity index (χ4n) is 2.66. The quantitative estimate of drug-likeness (QED) is 0.447. The normalized spacial score (nSPS) is 11.4. The molecule has 7 nitrogen and oxygen atoms in total. The average molecular weight is 461 g/mol. The molecule has 30 heavy (non-hydrogen) atoms. The standard InChI is InChI=1S/C20H14Cl2N4O3S/c21-14-6-3-9-17(18(14)22)30(27,28)26-19-20(29-12-13-5-4-10-23-11-13)25-16-8-2-1-7-15(16)24-19/h1-11H,12H2,(H,24,26). The average Bonchev–Trinajstić information content (AvgIpc) is 2.74. The van der Waals surface area contributed by atoms with E-state index in [2.05, 4.69) is 19.7 Å². The first-order valence-electron chi connectivity index (χ1n) is 8.69. The van der Waals surface area contributed by atoms with Gasteiger partial charge in [0.2, 0.25) is 5.82 Å². The van der Waals surface area contributed by atoms with Gasteiger partial charge in [-0.05, 0) is 30.3 Å². The second kappa shape index (κ2) is 8.43.